The quantitative estimate of drug-likeness (QED) is 0.697. The van der Waals surface area contributed by atoms with Gasteiger partial charge in [0, 0.05) is 23.6 Å². The average Bonchev–Trinajstić information content (AvgIpc) is 3.27. The number of aryl methyl sites for hydroxylation is 1. The van der Waals surface area contributed by atoms with Gasteiger partial charge in [0.15, 0.2) is 5.82 Å². The van der Waals surface area contributed by atoms with Gasteiger partial charge in [-0.25, -0.2) is 0 Å². The van der Waals surface area contributed by atoms with Crippen molar-refractivity contribution in [2.75, 3.05) is 11.4 Å². The van der Waals surface area contributed by atoms with Gasteiger partial charge in [0.2, 0.25) is 0 Å². The molecule has 1 fully saturated rings. The van der Waals surface area contributed by atoms with Gasteiger partial charge in [-0.2, -0.15) is 0 Å². The van der Waals surface area contributed by atoms with E-state index in [1.54, 1.807) is 12.3 Å². The number of aromatic nitrogens is 2. The molecule has 0 bridgehead atoms. The maximum absolute atomic E-state index is 10.8. The number of anilines is 1. The number of fused-ring (bicyclic) bond motifs is 2. The summed E-state index contributed by atoms with van der Waals surface area (Å²) in [7, 11) is 0. The maximum atomic E-state index is 10.8. The van der Waals surface area contributed by atoms with Crippen molar-refractivity contribution in [1.29, 1.82) is 0 Å². The molecule has 2 aliphatic rings. The summed E-state index contributed by atoms with van der Waals surface area (Å²) >= 11 is 0. The molecule has 3 atom stereocenters. The fraction of sp³-hybridized carbons (Fsp3) is 0.455. The molecule has 1 aliphatic carbocycles. The highest BCUT2D eigenvalue weighted by Crippen LogP contribution is 2.43. The molecule has 1 saturated carbocycles. The number of hydrogen-bond donors (Lipinski definition) is 2. The Kier molecular flexibility index (Phi) is 4.05. The van der Waals surface area contributed by atoms with E-state index >= 15 is 0 Å². The van der Waals surface area contributed by atoms with Gasteiger partial charge < -0.3 is 19.5 Å². The van der Waals surface area contributed by atoms with Gasteiger partial charge in [0.05, 0.1) is 29.5 Å². The number of aliphatic hydroxyl groups is 1. The van der Waals surface area contributed by atoms with Crippen LogP contribution in [0.1, 0.15) is 49.7 Å². The Balaban J connectivity index is 1.58. The molecule has 0 spiro atoms. The average molecular weight is 379 g/mol. The van der Waals surface area contributed by atoms with Crippen molar-refractivity contribution in [3.63, 3.8) is 0 Å². The third-order valence-corrected chi connectivity index (χ3v) is 6.36. The van der Waals surface area contributed by atoms with E-state index in [9.17, 15) is 10.2 Å². The van der Waals surface area contributed by atoms with Crippen LogP contribution in [0.15, 0.2) is 28.9 Å². The molecule has 3 aromatic rings. The predicted octanol–water partition coefficient (Wildman–Crippen LogP) is 4.13. The van der Waals surface area contributed by atoms with Gasteiger partial charge >= 0.3 is 0 Å². The van der Waals surface area contributed by atoms with Crippen LogP contribution in [0, 0.1) is 6.92 Å². The first-order valence-electron chi connectivity index (χ1n) is 10.1. The van der Waals surface area contributed by atoms with Crippen molar-refractivity contribution < 1.29 is 14.6 Å². The Morgan fingerprint density at radius 3 is 2.82 bits per heavy atom. The molecule has 0 radical (unpaired) electrons. The summed E-state index contributed by atoms with van der Waals surface area (Å²) in [6.07, 6.45) is 5.36. The van der Waals surface area contributed by atoms with Crippen molar-refractivity contribution in [2.24, 2.45) is 0 Å². The molecule has 2 N–H and O–H groups in total. The smallest absolute Gasteiger partial charge is 0.155 e. The first kappa shape index (κ1) is 17.5. The molecule has 6 heteroatoms. The number of aliphatic hydroxyl groups excluding tert-OH is 1. The van der Waals surface area contributed by atoms with Crippen molar-refractivity contribution in [3.8, 4) is 17.0 Å². The molecule has 3 heterocycles. The highest BCUT2D eigenvalue weighted by Gasteiger charge is 2.37. The molecular weight excluding hydrogens is 354 g/mol. The summed E-state index contributed by atoms with van der Waals surface area (Å²) in [4.78, 5) is 2.24. The Hall–Kier alpha value is -2.60. The van der Waals surface area contributed by atoms with E-state index in [4.69, 9.17) is 4.42 Å². The van der Waals surface area contributed by atoms with E-state index < -0.39 is 0 Å². The predicted molar refractivity (Wildman–Crippen MR) is 108 cm³/mol. The minimum atomic E-state index is -0.303. The number of nitrogens with zero attached hydrogens (tertiary/aromatic N) is 3. The lowest BCUT2D eigenvalue weighted by atomic mass is 9.91. The van der Waals surface area contributed by atoms with Crippen molar-refractivity contribution in [1.82, 2.24) is 10.2 Å². The molecule has 0 amide bonds. The fourth-order valence-corrected chi connectivity index (χ4v) is 4.88. The van der Waals surface area contributed by atoms with E-state index in [0.29, 0.717) is 28.1 Å². The Morgan fingerprint density at radius 1 is 1.18 bits per heavy atom. The standard InChI is InChI=1S/C22H25N3O3/c1-12-9-19-14(7-8-28-19)21(27)20(12)16-10-15-13(2)11-25(22(15)24-23-16)17-5-3-4-6-18(17)26/h7-10,13,17-18,26-27H,3-6,11H2,1-2H3/t13?,17-,18-/m1/s1. The summed E-state index contributed by atoms with van der Waals surface area (Å²) in [5.74, 6) is 1.37. The van der Waals surface area contributed by atoms with Crippen molar-refractivity contribution in [3.05, 3.63) is 35.6 Å². The molecule has 28 heavy (non-hydrogen) atoms. The van der Waals surface area contributed by atoms with Crippen LogP contribution in [-0.2, 0) is 0 Å². The normalized spacial score (nSPS) is 24.7. The van der Waals surface area contributed by atoms with E-state index in [1.807, 2.05) is 13.0 Å². The Labute approximate surface area is 163 Å². The maximum Gasteiger partial charge on any atom is 0.155 e. The van der Waals surface area contributed by atoms with E-state index in [2.05, 4.69) is 28.1 Å². The lowest BCUT2D eigenvalue weighted by Gasteiger charge is -2.36. The minimum Gasteiger partial charge on any atom is -0.506 e. The van der Waals surface area contributed by atoms with Crippen LogP contribution in [0.5, 0.6) is 5.75 Å². The van der Waals surface area contributed by atoms with E-state index in [1.165, 1.54) is 0 Å². The monoisotopic (exact) mass is 379 g/mol. The highest BCUT2D eigenvalue weighted by molar-refractivity contribution is 5.93. The zero-order valence-corrected chi connectivity index (χ0v) is 16.2. The van der Waals surface area contributed by atoms with Crippen molar-refractivity contribution in [2.45, 2.75) is 57.6 Å². The molecule has 2 aromatic heterocycles. The van der Waals surface area contributed by atoms with Gasteiger partial charge in [0.25, 0.3) is 0 Å². The second kappa shape index (κ2) is 6.48. The van der Waals surface area contributed by atoms with E-state index in [-0.39, 0.29) is 17.9 Å². The van der Waals surface area contributed by atoms with Crippen molar-refractivity contribution >= 4 is 16.8 Å². The van der Waals surface area contributed by atoms with Gasteiger partial charge in [0.1, 0.15) is 11.3 Å². The lowest BCUT2D eigenvalue weighted by molar-refractivity contribution is 0.104. The molecule has 6 nitrogen and oxygen atoms in total. The Bertz CT molecular complexity index is 1040. The van der Waals surface area contributed by atoms with Crippen LogP contribution in [0.3, 0.4) is 0 Å². The molecule has 146 valence electrons. The topological polar surface area (TPSA) is 82.6 Å². The first-order chi connectivity index (χ1) is 13.5. The number of rotatable bonds is 2. The summed E-state index contributed by atoms with van der Waals surface area (Å²) < 4.78 is 5.43. The molecule has 1 unspecified atom stereocenters. The van der Waals surface area contributed by atoms with Gasteiger partial charge in [-0.05, 0) is 43.5 Å². The number of benzene rings is 1. The number of phenols is 1. The van der Waals surface area contributed by atoms with Gasteiger partial charge in [-0.3, -0.25) is 0 Å². The number of aromatic hydroxyl groups is 1. The third-order valence-electron chi connectivity index (χ3n) is 6.36. The third kappa shape index (κ3) is 2.58. The van der Waals surface area contributed by atoms with Crippen LogP contribution in [-0.4, -0.2) is 39.1 Å². The zero-order valence-electron chi connectivity index (χ0n) is 16.2. The van der Waals surface area contributed by atoms with Crippen LogP contribution in [0.25, 0.3) is 22.2 Å². The van der Waals surface area contributed by atoms with Crippen LogP contribution in [0.2, 0.25) is 0 Å². The lowest BCUT2D eigenvalue weighted by Crippen LogP contribution is -2.45. The largest absolute Gasteiger partial charge is 0.506 e. The molecule has 1 aromatic carbocycles. The van der Waals surface area contributed by atoms with Crippen LogP contribution >= 0.6 is 0 Å². The second-order valence-corrected chi connectivity index (χ2v) is 8.23. The van der Waals surface area contributed by atoms with Crippen LogP contribution < -0.4 is 4.90 Å². The molecule has 1 aliphatic heterocycles. The number of hydrogen-bond acceptors (Lipinski definition) is 6. The minimum absolute atomic E-state index is 0.120. The molecule has 5 rings (SSSR count). The summed E-state index contributed by atoms with van der Waals surface area (Å²) in [5, 5.41) is 31.0. The summed E-state index contributed by atoms with van der Waals surface area (Å²) in [6, 6.07) is 5.86. The number of phenolic OH excluding ortho intramolecular Hbond substituents is 1. The SMILES string of the molecule is Cc1cc2occc2c(O)c1-c1cc2c(nn1)N([C@@H]1CCCC[C@H]1O)CC2C. The Morgan fingerprint density at radius 2 is 2.00 bits per heavy atom. The van der Waals surface area contributed by atoms with Crippen LogP contribution in [0.4, 0.5) is 5.82 Å². The number of furan rings is 1. The highest BCUT2D eigenvalue weighted by atomic mass is 16.3. The van der Waals surface area contributed by atoms with Gasteiger partial charge in [-0.15, -0.1) is 10.2 Å². The summed E-state index contributed by atoms with van der Waals surface area (Å²) in [6.45, 7) is 4.98. The molecular formula is C22H25N3O3. The van der Waals surface area contributed by atoms with Gasteiger partial charge in [-0.1, -0.05) is 19.8 Å². The zero-order chi connectivity index (χ0) is 19.4. The summed E-state index contributed by atoms with van der Waals surface area (Å²) in [5.41, 5.74) is 4.08. The second-order valence-electron chi connectivity index (χ2n) is 8.23. The molecule has 0 saturated heterocycles. The fourth-order valence-electron chi connectivity index (χ4n) is 4.88. The first-order valence-corrected chi connectivity index (χ1v) is 10.1. The van der Waals surface area contributed by atoms with E-state index in [0.717, 1.165) is 49.2 Å².